The molecule has 2 aliphatic rings. The molecule has 0 bridgehead atoms. The fourth-order valence-electron chi connectivity index (χ4n) is 2.07. The first-order chi connectivity index (χ1) is 8.78. The third kappa shape index (κ3) is 1.73. The van der Waals surface area contributed by atoms with Gasteiger partial charge < -0.3 is 9.47 Å². The van der Waals surface area contributed by atoms with Gasteiger partial charge >= 0.3 is 0 Å². The van der Waals surface area contributed by atoms with E-state index in [-0.39, 0.29) is 12.7 Å². The molecule has 18 heavy (non-hydrogen) atoms. The lowest BCUT2D eigenvalue weighted by atomic mass is 10.1. The molecule has 1 aromatic carbocycles. The maximum atomic E-state index is 11.7. The van der Waals surface area contributed by atoms with Gasteiger partial charge in [-0.15, -0.1) is 0 Å². The highest BCUT2D eigenvalue weighted by atomic mass is 16.7. The summed E-state index contributed by atoms with van der Waals surface area (Å²) in [7, 11) is 0. The maximum absolute atomic E-state index is 11.7. The van der Waals surface area contributed by atoms with E-state index >= 15 is 0 Å². The minimum atomic E-state index is -0.220. The van der Waals surface area contributed by atoms with Gasteiger partial charge in [-0.25, -0.2) is 0 Å². The molecule has 0 spiro atoms. The van der Waals surface area contributed by atoms with Crippen molar-refractivity contribution in [3.05, 3.63) is 29.3 Å². The number of amides is 2. The van der Waals surface area contributed by atoms with Crippen molar-refractivity contribution in [2.24, 2.45) is 0 Å². The molecule has 0 atom stereocenters. The Labute approximate surface area is 104 Å². The van der Waals surface area contributed by atoms with Crippen LogP contribution in [0.1, 0.15) is 12.0 Å². The summed E-state index contributed by atoms with van der Waals surface area (Å²) in [5, 5.41) is 0. The molecule has 3 rings (SSSR count). The third-order valence-corrected chi connectivity index (χ3v) is 3.02. The molecular formula is C13H11NO4. The Morgan fingerprint density at radius 1 is 1.22 bits per heavy atom. The van der Waals surface area contributed by atoms with E-state index in [1.54, 1.807) is 6.08 Å². The summed E-state index contributed by atoms with van der Waals surface area (Å²) in [6, 6.07) is 5.50. The van der Waals surface area contributed by atoms with Crippen LogP contribution >= 0.6 is 0 Å². The second-order valence-electron chi connectivity index (χ2n) is 4.14. The first-order valence-corrected chi connectivity index (χ1v) is 5.64. The Bertz CT molecular complexity index is 550. The summed E-state index contributed by atoms with van der Waals surface area (Å²) in [6.45, 7) is 0.686. The zero-order chi connectivity index (χ0) is 12.5. The molecule has 0 aliphatic carbocycles. The van der Waals surface area contributed by atoms with Gasteiger partial charge in [0.05, 0.1) is 0 Å². The van der Waals surface area contributed by atoms with E-state index < -0.39 is 0 Å². The molecule has 1 aromatic rings. The van der Waals surface area contributed by atoms with Crippen LogP contribution < -0.4 is 9.47 Å². The summed E-state index contributed by atoms with van der Waals surface area (Å²) in [4.78, 5) is 23.5. The molecule has 2 aliphatic heterocycles. The molecule has 0 N–H and O–H groups in total. The predicted molar refractivity (Wildman–Crippen MR) is 62.9 cm³/mol. The van der Waals surface area contributed by atoms with Crippen molar-refractivity contribution in [2.75, 3.05) is 13.3 Å². The number of likely N-dealkylation sites (tertiary alicyclic amines) is 1. The third-order valence-electron chi connectivity index (χ3n) is 3.02. The fourth-order valence-corrected chi connectivity index (χ4v) is 2.07. The molecule has 2 heterocycles. The average molecular weight is 245 g/mol. The highest BCUT2D eigenvalue weighted by Crippen LogP contribution is 2.33. The van der Waals surface area contributed by atoms with Crippen molar-refractivity contribution < 1.29 is 19.1 Å². The van der Waals surface area contributed by atoms with Crippen molar-refractivity contribution in [3.8, 4) is 11.5 Å². The molecule has 5 nitrogen and oxygen atoms in total. The Balaban J connectivity index is 1.88. The lowest BCUT2D eigenvalue weighted by Gasteiger charge is -2.03. The van der Waals surface area contributed by atoms with Crippen LogP contribution in [0.5, 0.6) is 11.5 Å². The zero-order valence-electron chi connectivity index (χ0n) is 9.59. The second-order valence-corrected chi connectivity index (χ2v) is 4.14. The van der Waals surface area contributed by atoms with Gasteiger partial charge in [0.15, 0.2) is 11.5 Å². The van der Waals surface area contributed by atoms with Gasteiger partial charge in [-0.05, 0) is 30.2 Å². The van der Waals surface area contributed by atoms with Gasteiger partial charge in [-0.1, -0.05) is 6.07 Å². The smallest absolute Gasteiger partial charge is 0.256 e. The number of ether oxygens (including phenoxy) is 2. The normalized spacial score (nSPS) is 19.7. The van der Waals surface area contributed by atoms with Crippen molar-refractivity contribution in [1.82, 2.24) is 4.90 Å². The number of carbonyl (C=O) groups excluding carboxylic acids is 2. The van der Waals surface area contributed by atoms with Gasteiger partial charge in [0.2, 0.25) is 13.2 Å². The number of hydrogen-bond donors (Lipinski definition) is 0. The summed E-state index contributed by atoms with van der Waals surface area (Å²) >= 11 is 0. The van der Waals surface area contributed by atoms with Crippen molar-refractivity contribution in [3.63, 3.8) is 0 Å². The summed E-state index contributed by atoms with van der Waals surface area (Å²) in [6.07, 6.45) is 2.95. The number of hydrogen-bond acceptors (Lipinski definition) is 4. The van der Waals surface area contributed by atoms with E-state index in [0.717, 1.165) is 5.56 Å². The van der Waals surface area contributed by atoms with Crippen molar-refractivity contribution >= 4 is 18.4 Å². The minimum Gasteiger partial charge on any atom is -0.454 e. The van der Waals surface area contributed by atoms with Crippen LogP contribution in [-0.2, 0) is 9.59 Å². The lowest BCUT2D eigenvalue weighted by Crippen LogP contribution is -2.22. The average Bonchev–Trinajstić information content (AvgIpc) is 2.97. The van der Waals surface area contributed by atoms with E-state index in [4.69, 9.17) is 9.47 Å². The largest absolute Gasteiger partial charge is 0.454 e. The number of carbonyl (C=O) groups is 2. The van der Waals surface area contributed by atoms with Crippen molar-refractivity contribution in [2.45, 2.75) is 6.42 Å². The molecule has 92 valence electrons. The number of imide groups is 1. The molecule has 0 radical (unpaired) electrons. The monoisotopic (exact) mass is 245 g/mol. The lowest BCUT2D eigenvalue weighted by molar-refractivity contribution is -0.132. The van der Waals surface area contributed by atoms with E-state index in [9.17, 15) is 9.59 Å². The molecule has 0 unspecified atom stereocenters. The highest BCUT2D eigenvalue weighted by Gasteiger charge is 2.25. The minimum absolute atomic E-state index is 0.220. The summed E-state index contributed by atoms with van der Waals surface area (Å²) < 4.78 is 10.5. The van der Waals surface area contributed by atoms with Gasteiger partial charge in [-0.3, -0.25) is 14.5 Å². The van der Waals surface area contributed by atoms with E-state index in [0.29, 0.717) is 36.4 Å². The molecular weight excluding hydrogens is 234 g/mol. The van der Waals surface area contributed by atoms with Crippen LogP contribution in [0.15, 0.2) is 23.8 Å². The van der Waals surface area contributed by atoms with Gasteiger partial charge in [0.1, 0.15) is 0 Å². The van der Waals surface area contributed by atoms with E-state index in [2.05, 4.69) is 0 Å². The number of fused-ring (bicyclic) bond motifs is 1. The van der Waals surface area contributed by atoms with Crippen LogP contribution in [0.2, 0.25) is 0 Å². The number of benzene rings is 1. The van der Waals surface area contributed by atoms with E-state index in [1.165, 1.54) is 4.90 Å². The van der Waals surface area contributed by atoms with Gasteiger partial charge in [-0.2, -0.15) is 0 Å². The van der Waals surface area contributed by atoms with Gasteiger partial charge in [0, 0.05) is 12.1 Å². The highest BCUT2D eigenvalue weighted by molar-refractivity contribution is 6.04. The quantitative estimate of drug-likeness (QED) is 0.580. The van der Waals surface area contributed by atoms with Crippen LogP contribution in [0.3, 0.4) is 0 Å². The fraction of sp³-hybridized carbons (Fsp3) is 0.231. The SMILES string of the molecule is O=CN1CC/C(=C\c2ccc3c(c2)OCO3)C1=O. The molecule has 1 saturated heterocycles. The molecule has 2 amide bonds. The van der Waals surface area contributed by atoms with Crippen molar-refractivity contribution in [1.29, 1.82) is 0 Å². The molecule has 5 heteroatoms. The molecule has 0 saturated carbocycles. The van der Waals surface area contributed by atoms with Crippen LogP contribution in [0, 0.1) is 0 Å². The second kappa shape index (κ2) is 4.18. The summed E-state index contributed by atoms with van der Waals surface area (Å²) in [5.41, 5.74) is 1.51. The van der Waals surface area contributed by atoms with E-state index in [1.807, 2.05) is 18.2 Å². The summed E-state index contributed by atoms with van der Waals surface area (Å²) in [5.74, 6) is 1.18. The first-order valence-electron chi connectivity index (χ1n) is 5.64. The first kappa shape index (κ1) is 10.8. The number of rotatable bonds is 2. The predicted octanol–water partition coefficient (Wildman–Crippen LogP) is 1.19. The maximum Gasteiger partial charge on any atom is 0.256 e. The molecule has 1 fully saturated rings. The zero-order valence-corrected chi connectivity index (χ0v) is 9.59. The molecule has 0 aromatic heterocycles. The Morgan fingerprint density at radius 3 is 2.83 bits per heavy atom. The standard InChI is InChI=1S/C13H11NO4/c15-7-14-4-3-10(13(14)16)5-9-1-2-11-12(6-9)18-8-17-11/h1-2,5-7H,3-4,8H2/b10-5+. The Morgan fingerprint density at radius 2 is 2.06 bits per heavy atom. The number of nitrogens with zero attached hydrogens (tertiary/aromatic N) is 1. The Hall–Kier alpha value is -2.30. The van der Waals surface area contributed by atoms with Crippen LogP contribution in [0.4, 0.5) is 0 Å². The Kier molecular flexibility index (Phi) is 2.51. The van der Waals surface area contributed by atoms with Crippen LogP contribution in [0.25, 0.3) is 6.08 Å². The van der Waals surface area contributed by atoms with Gasteiger partial charge in [0.25, 0.3) is 5.91 Å². The van der Waals surface area contributed by atoms with Crippen LogP contribution in [-0.4, -0.2) is 30.6 Å². The topological polar surface area (TPSA) is 55.8 Å².